The van der Waals surface area contributed by atoms with Gasteiger partial charge in [-0.2, -0.15) is 0 Å². The van der Waals surface area contributed by atoms with E-state index in [1.54, 1.807) is 0 Å². The Morgan fingerprint density at radius 3 is 2.90 bits per heavy atom. The summed E-state index contributed by atoms with van der Waals surface area (Å²) in [6.45, 7) is 5.90. The van der Waals surface area contributed by atoms with Gasteiger partial charge in [0.25, 0.3) is 0 Å². The third kappa shape index (κ3) is 3.51. The summed E-state index contributed by atoms with van der Waals surface area (Å²) in [7, 11) is 0. The molecule has 2 fully saturated rings. The smallest absolute Gasteiger partial charge is 0.248 e. The van der Waals surface area contributed by atoms with E-state index >= 15 is 0 Å². The number of hydrogen-bond donors (Lipinski definition) is 1. The van der Waals surface area contributed by atoms with E-state index in [4.69, 9.17) is 4.74 Å². The molecule has 0 aromatic rings. The van der Waals surface area contributed by atoms with Gasteiger partial charge in [0.2, 0.25) is 11.8 Å². The topological polar surface area (TPSA) is 58.6 Å². The van der Waals surface area contributed by atoms with Crippen molar-refractivity contribution < 1.29 is 14.3 Å². The monoisotopic (exact) mass is 282 g/mol. The molecule has 5 nitrogen and oxygen atoms in total. The minimum atomic E-state index is -0.739. The van der Waals surface area contributed by atoms with Crippen LogP contribution in [0.3, 0.4) is 0 Å². The Morgan fingerprint density at radius 1 is 1.45 bits per heavy atom. The Hall–Kier alpha value is -1.10. The minimum absolute atomic E-state index is 0.0238. The summed E-state index contributed by atoms with van der Waals surface area (Å²) in [4.78, 5) is 26.1. The standard InChI is InChI=1S/C15H26N2O3/c1-3-15(2)14(19)17(10-8-13(18)16-15)9-4-6-12-7-5-11-20-12/h12H,3-11H2,1-2H3,(H,16,18). The maximum absolute atomic E-state index is 12.6. The predicted molar refractivity (Wildman–Crippen MR) is 76.2 cm³/mol. The summed E-state index contributed by atoms with van der Waals surface area (Å²) >= 11 is 0. The molecule has 114 valence electrons. The minimum Gasteiger partial charge on any atom is -0.378 e. The molecule has 2 heterocycles. The zero-order chi connectivity index (χ0) is 14.6. The lowest BCUT2D eigenvalue weighted by Crippen LogP contribution is -2.54. The number of nitrogens with one attached hydrogen (secondary N) is 1. The first-order valence-electron chi connectivity index (χ1n) is 7.77. The molecule has 5 heteroatoms. The second-order valence-corrected chi connectivity index (χ2v) is 6.05. The third-order valence-corrected chi connectivity index (χ3v) is 4.47. The Balaban J connectivity index is 1.88. The maximum atomic E-state index is 12.6. The molecule has 2 unspecified atom stereocenters. The molecule has 2 aliphatic heterocycles. The summed E-state index contributed by atoms with van der Waals surface area (Å²) in [5.74, 6) is 0.0301. The number of rotatable bonds is 5. The van der Waals surface area contributed by atoms with Gasteiger partial charge in [-0.05, 0) is 39.0 Å². The van der Waals surface area contributed by atoms with Crippen molar-refractivity contribution >= 4 is 11.8 Å². The first-order valence-corrected chi connectivity index (χ1v) is 7.77. The maximum Gasteiger partial charge on any atom is 0.248 e. The molecule has 0 aromatic heterocycles. The molecule has 20 heavy (non-hydrogen) atoms. The lowest BCUT2D eigenvalue weighted by Gasteiger charge is -2.31. The van der Waals surface area contributed by atoms with E-state index < -0.39 is 5.54 Å². The Labute approximate surface area is 121 Å². The van der Waals surface area contributed by atoms with Crippen LogP contribution in [0.1, 0.15) is 52.4 Å². The molecule has 2 aliphatic rings. The molecule has 0 radical (unpaired) electrons. The van der Waals surface area contributed by atoms with Crippen LogP contribution in [0.15, 0.2) is 0 Å². The van der Waals surface area contributed by atoms with Gasteiger partial charge in [-0.25, -0.2) is 0 Å². The van der Waals surface area contributed by atoms with Gasteiger partial charge in [0.05, 0.1) is 6.10 Å². The van der Waals surface area contributed by atoms with Crippen molar-refractivity contribution in [3.05, 3.63) is 0 Å². The molecule has 0 aromatic carbocycles. The van der Waals surface area contributed by atoms with Crippen molar-refractivity contribution in [2.75, 3.05) is 19.7 Å². The Bertz CT molecular complexity index is 366. The van der Waals surface area contributed by atoms with E-state index in [-0.39, 0.29) is 11.8 Å². The molecule has 2 atom stereocenters. The van der Waals surface area contributed by atoms with E-state index in [1.165, 1.54) is 0 Å². The van der Waals surface area contributed by atoms with Crippen LogP contribution >= 0.6 is 0 Å². The first kappa shape index (κ1) is 15.3. The van der Waals surface area contributed by atoms with Crippen LogP contribution < -0.4 is 5.32 Å². The lowest BCUT2D eigenvalue weighted by atomic mass is 9.97. The second-order valence-electron chi connectivity index (χ2n) is 6.05. The number of ether oxygens (including phenoxy) is 1. The van der Waals surface area contributed by atoms with Gasteiger partial charge >= 0.3 is 0 Å². The molecule has 2 amide bonds. The molecule has 2 rings (SSSR count). The number of nitrogens with zero attached hydrogens (tertiary/aromatic N) is 1. The largest absolute Gasteiger partial charge is 0.378 e. The SMILES string of the molecule is CCC1(C)NC(=O)CCN(CCCC2CCCO2)C1=O. The highest BCUT2D eigenvalue weighted by Gasteiger charge is 2.38. The summed E-state index contributed by atoms with van der Waals surface area (Å²) < 4.78 is 5.60. The highest BCUT2D eigenvalue weighted by Crippen LogP contribution is 2.20. The number of carbonyl (C=O) groups is 2. The zero-order valence-corrected chi connectivity index (χ0v) is 12.6. The fourth-order valence-corrected chi connectivity index (χ4v) is 2.95. The Kier molecular flexibility index (Phi) is 5.02. The van der Waals surface area contributed by atoms with Gasteiger partial charge in [-0.15, -0.1) is 0 Å². The molecule has 0 bridgehead atoms. The lowest BCUT2D eigenvalue weighted by molar-refractivity contribution is -0.138. The fourth-order valence-electron chi connectivity index (χ4n) is 2.95. The van der Waals surface area contributed by atoms with Crippen molar-refractivity contribution in [2.45, 2.75) is 64.0 Å². The molecule has 2 saturated heterocycles. The third-order valence-electron chi connectivity index (χ3n) is 4.47. The van der Waals surface area contributed by atoms with Crippen molar-refractivity contribution in [3.63, 3.8) is 0 Å². The highest BCUT2D eigenvalue weighted by atomic mass is 16.5. The van der Waals surface area contributed by atoms with Gasteiger partial charge in [0.15, 0.2) is 0 Å². The summed E-state index contributed by atoms with van der Waals surface area (Å²) in [5, 5.41) is 2.86. The van der Waals surface area contributed by atoms with Gasteiger partial charge in [-0.3, -0.25) is 9.59 Å². The van der Waals surface area contributed by atoms with Crippen LogP contribution in [0.5, 0.6) is 0 Å². The van der Waals surface area contributed by atoms with Crippen molar-refractivity contribution in [1.29, 1.82) is 0 Å². The summed E-state index contributed by atoms with van der Waals surface area (Å²) in [6.07, 6.45) is 5.65. The van der Waals surface area contributed by atoms with Crippen molar-refractivity contribution in [2.24, 2.45) is 0 Å². The summed E-state index contributed by atoms with van der Waals surface area (Å²) in [6, 6.07) is 0. The van der Waals surface area contributed by atoms with Crippen LogP contribution in [-0.4, -0.2) is 48.1 Å². The van der Waals surface area contributed by atoms with E-state index in [0.717, 1.165) is 38.8 Å². The first-order chi connectivity index (χ1) is 9.55. The van der Waals surface area contributed by atoms with Gasteiger partial charge in [0.1, 0.15) is 5.54 Å². The molecule has 1 N–H and O–H groups in total. The quantitative estimate of drug-likeness (QED) is 0.830. The van der Waals surface area contributed by atoms with Gasteiger partial charge in [-0.1, -0.05) is 6.92 Å². The van der Waals surface area contributed by atoms with E-state index in [1.807, 2.05) is 18.7 Å². The molecule has 0 saturated carbocycles. The van der Waals surface area contributed by atoms with Crippen LogP contribution in [0, 0.1) is 0 Å². The van der Waals surface area contributed by atoms with Gasteiger partial charge < -0.3 is 15.0 Å². The number of carbonyl (C=O) groups excluding carboxylic acids is 2. The summed E-state index contributed by atoms with van der Waals surface area (Å²) in [5.41, 5.74) is -0.739. The molecular formula is C15H26N2O3. The fraction of sp³-hybridized carbons (Fsp3) is 0.867. The number of hydrogen-bond acceptors (Lipinski definition) is 3. The Morgan fingerprint density at radius 2 is 2.25 bits per heavy atom. The van der Waals surface area contributed by atoms with E-state index in [0.29, 0.717) is 25.5 Å². The zero-order valence-electron chi connectivity index (χ0n) is 12.6. The van der Waals surface area contributed by atoms with E-state index in [2.05, 4.69) is 5.32 Å². The van der Waals surface area contributed by atoms with E-state index in [9.17, 15) is 9.59 Å². The molecule has 0 aliphatic carbocycles. The van der Waals surface area contributed by atoms with Gasteiger partial charge in [0, 0.05) is 26.1 Å². The average Bonchev–Trinajstić information content (AvgIpc) is 2.91. The van der Waals surface area contributed by atoms with Crippen LogP contribution in [-0.2, 0) is 14.3 Å². The molecule has 0 spiro atoms. The normalized spacial score (nSPS) is 31.3. The van der Waals surface area contributed by atoms with Crippen LogP contribution in [0.2, 0.25) is 0 Å². The average molecular weight is 282 g/mol. The highest BCUT2D eigenvalue weighted by molar-refractivity contribution is 5.93. The van der Waals surface area contributed by atoms with Crippen molar-refractivity contribution in [1.82, 2.24) is 10.2 Å². The predicted octanol–water partition coefficient (Wildman–Crippen LogP) is 1.46. The second kappa shape index (κ2) is 6.57. The van der Waals surface area contributed by atoms with Crippen LogP contribution in [0.4, 0.5) is 0 Å². The molecular weight excluding hydrogens is 256 g/mol. The van der Waals surface area contributed by atoms with Crippen molar-refractivity contribution in [3.8, 4) is 0 Å². The van der Waals surface area contributed by atoms with Crippen LogP contribution in [0.25, 0.3) is 0 Å². The number of amides is 2.